The Morgan fingerprint density at radius 2 is 1.78 bits per heavy atom. The van der Waals surface area contributed by atoms with Crippen LogP contribution in [-0.2, 0) is 9.47 Å². The van der Waals surface area contributed by atoms with Gasteiger partial charge in [0.05, 0.1) is 6.54 Å². The number of carbonyl (C=O) groups excluding carboxylic acids is 2. The first-order valence-corrected chi connectivity index (χ1v) is 6.91. The van der Waals surface area contributed by atoms with Crippen LogP contribution in [0.5, 0.6) is 0 Å². The van der Waals surface area contributed by atoms with Crippen LogP contribution in [0.2, 0.25) is 0 Å². The number of aromatic carboxylic acids is 1. The van der Waals surface area contributed by atoms with Gasteiger partial charge in [-0.05, 0) is 32.9 Å². The van der Waals surface area contributed by atoms with Crippen molar-refractivity contribution in [2.75, 3.05) is 13.2 Å². The molecule has 0 fully saturated rings. The Bertz CT molecular complexity index is 725. The summed E-state index contributed by atoms with van der Waals surface area (Å²) < 4.78 is 15.1. The average Bonchev–Trinajstić information content (AvgIpc) is 3.01. The van der Waals surface area contributed by atoms with Crippen molar-refractivity contribution >= 4 is 29.2 Å². The highest BCUT2D eigenvalue weighted by molar-refractivity contribution is 6.12. The van der Waals surface area contributed by atoms with E-state index >= 15 is 0 Å². The number of nitrogens with one attached hydrogen (secondary N) is 1. The lowest BCUT2D eigenvalue weighted by Crippen LogP contribution is -2.34. The smallest absolute Gasteiger partial charge is 0.407 e. The summed E-state index contributed by atoms with van der Waals surface area (Å²) in [4.78, 5) is 34.6. The molecule has 0 saturated carbocycles. The topological polar surface area (TPSA) is 115 Å². The van der Waals surface area contributed by atoms with Crippen LogP contribution in [0, 0.1) is 0 Å². The normalized spacial score (nSPS) is 11.4. The van der Waals surface area contributed by atoms with Gasteiger partial charge in [-0.3, -0.25) is 0 Å². The molecule has 23 heavy (non-hydrogen) atoms. The van der Waals surface area contributed by atoms with E-state index in [2.05, 4.69) is 5.32 Å². The van der Waals surface area contributed by atoms with Crippen molar-refractivity contribution in [3.63, 3.8) is 0 Å². The zero-order valence-corrected chi connectivity index (χ0v) is 13.0. The fourth-order valence-electron chi connectivity index (χ4n) is 1.95. The zero-order chi connectivity index (χ0) is 17.2. The summed E-state index contributed by atoms with van der Waals surface area (Å²) in [5.74, 6) is -2.08. The molecule has 0 aliphatic carbocycles. The average molecular weight is 323 g/mol. The van der Waals surface area contributed by atoms with E-state index in [1.807, 2.05) is 0 Å². The molecule has 2 bridgehead atoms. The minimum Gasteiger partial charge on any atom is -0.478 e. The summed E-state index contributed by atoms with van der Waals surface area (Å²) in [6, 6.07) is 2.97. The SMILES string of the molecule is CC(C)(C)OC(=O)NCCOC(=O)c1c(C(=O)O)c2ccc1o2. The molecule has 1 amide bonds. The van der Waals surface area contributed by atoms with Gasteiger partial charge in [-0.2, -0.15) is 0 Å². The number of carboxylic acids is 1. The van der Waals surface area contributed by atoms with Gasteiger partial charge in [0.15, 0.2) is 0 Å². The molecule has 2 aromatic rings. The Kier molecular flexibility index (Phi) is 4.44. The van der Waals surface area contributed by atoms with E-state index in [0.29, 0.717) is 0 Å². The fraction of sp³-hybridized carbons (Fsp3) is 0.400. The van der Waals surface area contributed by atoms with Crippen molar-refractivity contribution in [1.82, 2.24) is 5.32 Å². The van der Waals surface area contributed by atoms with Crippen LogP contribution in [0.4, 0.5) is 4.79 Å². The lowest BCUT2D eigenvalue weighted by Gasteiger charge is -2.19. The highest BCUT2D eigenvalue weighted by Crippen LogP contribution is 2.29. The molecule has 124 valence electrons. The van der Waals surface area contributed by atoms with Crippen molar-refractivity contribution in [1.29, 1.82) is 0 Å². The molecule has 2 heterocycles. The van der Waals surface area contributed by atoms with E-state index in [0.717, 1.165) is 0 Å². The maximum Gasteiger partial charge on any atom is 0.407 e. The van der Waals surface area contributed by atoms with Gasteiger partial charge >= 0.3 is 18.0 Å². The van der Waals surface area contributed by atoms with E-state index in [4.69, 9.17) is 19.0 Å². The second kappa shape index (κ2) is 6.15. The third-order valence-electron chi connectivity index (χ3n) is 2.77. The Balaban J connectivity index is 1.87. The monoisotopic (exact) mass is 323 g/mol. The standard InChI is InChI=1S/C15H17NO7/c1-15(2,3)23-14(20)16-6-7-21-13(19)11-9-5-4-8(22-9)10(11)12(17)18/h4-5H,6-7H2,1-3H3,(H,16,20)(H,17,18). The summed E-state index contributed by atoms with van der Waals surface area (Å²) in [6.45, 7) is 5.10. The summed E-state index contributed by atoms with van der Waals surface area (Å²) in [5, 5.41) is 11.5. The molecule has 0 aliphatic rings. The molecule has 0 aliphatic heterocycles. The Hall–Kier alpha value is -2.77. The van der Waals surface area contributed by atoms with Gasteiger partial charge in [0.25, 0.3) is 0 Å². The van der Waals surface area contributed by atoms with Crippen LogP contribution in [-0.4, -0.2) is 41.9 Å². The van der Waals surface area contributed by atoms with E-state index < -0.39 is 23.6 Å². The van der Waals surface area contributed by atoms with Crippen LogP contribution < -0.4 is 5.32 Å². The summed E-state index contributed by atoms with van der Waals surface area (Å²) >= 11 is 0. The lowest BCUT2D eigenvalue weighted by molar-refractivity contribution is 0.0432. The predicted octanol–water partition coefficient (Wildman–Crippen LogP) is 2.25. The first-order valence-electron chi connectivity index (χ1n) is 6.91. The highest BCUT2D eigenvalue weighted by atomic mass is 16.6. The van der Waals surface area contributed by atoms with Gasteiger partial charge in [-0.15, -0.1) is 0 Å². The fourth-order valence-corrected chi connectivity index (χ4v) is 1.95. The first kappa shape index (κ1) is 16.6. The Morgan fingerprint density at radius 3 is 2.35 bits per heavy atom. The van der Waals surface area contributed by atoms with Crippen LogP contribution in [0.15, 0.2) is 16.5 Å². The molecule has 0 saturated heterocycles. The van der Waals surface area contributed by atoms with Gasteiger partial charge in [0, 0.05) is 0 Å². The lowest BCUT2D eigenvalue weighted by atomic mass is 10.1. The number of amides is 1. The molecule has 2 N–H and O–H groups in total. The molecule has 0 unspecified atom stereocenters. The van der Waals surface area contributed by atoms with E-state index in [9.17, 15) is 14.4 Å². The van der Waals surface area contributed by atoms with Gasteiger partial charge in [0.2, 0.25) is 0 Å². The number of benzene rings is 1. The zero-order valence-electron chi connectivity index (χ0n) is 13.0. The number of carbonyl (C=O) groups is 3. The van der Waals surface area contributed by atoms with Crippen molar-refractivity contribution in [3.8, 4) is 0 Å². The second-order valence-electron chi connectivity index (χ2n) is 5.78. The minimum absolute atomic E-state index is 0.0406. The third kappa shape index (κ3) is 3.91. The van der Waals surface area contributed by atoms with Crippen LogP contribution in [0.25, 0.3) is 11.2 Å². The number of carboxylic acid groups (broad SMARTS) is 1. The predicted molar refractivity (Wildman–Crippen MR) is 78.9 cm³/mol. The molecule has 8 heteroatoms. The molecule has 2 aromatic heterocycles. The van der Waals surface area contributed by atoms with Gasteiger partial charge < -0.3 is 24.3 Å². The van der Waals surface area contributed by atoms with Gasteiger partial charge in [-0.25, -0.2) is 14.4 Å². The number of hydrogen-bond donors (Lipinski definition) is 2. The number of ether oxygens (including phenoxy) is 2. The van der Waals surface area contributed by atoms with E-state index in [-0.39, 0.29) is 35.4 Å². The minimum atomic E-state index is -1.27. The molecule has 0 atom stereocenters. The number of fused-ring (bicyclic) bond motifs is 2. The molecular weight excluding hydrogens is 306 g/mol. The maximum absolute atomic E-state index is 12.0. The Morgan fingerprint density at radius 1 is 1.17 bits per heavy atom. The van der Waals surface area contributed by atoms with E-state index in [1.54, 1.807) is 20.8 Å². The number of hydrogen-bond acceptors (Lipinski definition) is 6. The van der Waals surface area contributed by atoms with Crippen molar-refractivity contribution < 1.29 is 33.4 Å². The molecular formula is C15H17NO7. The molecule has 0 spiro atoms. The number of furan rings is 2. The van der Waals surface area contributed by atoms with Crippen LogP contribution in [0.3, 0.4) is 0 Å². The molecule has 0 radical (unpaired) electrons. The van der Waals surface area contributed by atoms with Gasteiger partial charge in [-0.1, -0.05) is 0 Å². The molecule has 2 rings (SSSR count). The highest BCUT2D eigenvalue weighted by Gasteiger charge is 2.28. The quantitative estimate of drug-likeness (QED) is 0.640. The van der Waals surface area contributed by atoms with Crippen LogP contribution in [0.1, 0.15) is 41.5 Å². The molecule has 8 nitrogen and oxygen atoms in total. The molecule has 0 aromatic carbocycles. The second-order valence-corrected chi connectivity index (χ2v) is 5.78. The van der Waals surface area contributed by atoms with Crippen molar-refractivity contribution in [3.05, 3.63) is 23.3 Å². The number of alkyl carbamates (subject to hydrolysis) is 1. The summed E-state index contributed by atoms with van der Waals surface area (Å²) in [6.07, 6.45) is -0.630. The summed E-state index contributed by atoms with van der Waals surface area (Å²) in [7, 11) is 0. The van der Waals surface area contributed by atoms with Crippen molar-refractivity contribution in [2.24, 2.45) is 0 Å². The number of esters is 1. The Labute approximate surface area is 131 Å². The number of rotatable bonds is 5. The maximum atomic E-state index is 12.0. The third-order valence-corrected chi connectivity index (χ3v) is 2.77. The first-order chi connectivity index (χ1) is 10.7. The van der Waals surface area contributed by atoms with Crippen LogP contribution >= 0.6 is 0 Å². The van der Waals surface area contributed by atoms with Gasteiger partial charge in [0.1, 0.15) is 34.5 Å². The van der Waals surface area contributed by atoms with E-state index in [1.165, 1.54) is 12.1 Å². The van der Waals surface area contributed by atoms with Crippen molar-refractivity contribution in [2.45, 2.75) is 26.4 Å². The summed E-state index contributed by atoms with van der Waals surface area (Å²) in [5.41, 5.74) is -0.684. The largest absolute Gasteiger partial charge is 0.478 e.